The maximum atomic E-state index is 13.2. The minimum Gasteiger partial charge on any atom is -0.444 e. The van der Waals surface area contributed by atoms with Crippen molar-refractivity contribution in [2.75, 3.05) is 18.4 Å². The van der Waals surface area contributed by atoms with Gasteiger partial charge in [0.15, 0.2) is 5.54 Å². The summed E-state index contributed by atoms with van der Waals surface area (Å²) in [6.45, 7) is 5.44. The summed E-state index contributed by atoms with van der Waals surface area (Å²) in [4.78, 5) is 25.0. The molecule has 1 heterocycles. The third-order valence-electron chi connectivity index (χ3n) is 3.25. The first-order valence-electron chi connectivity index (χ1n) is 6.93. The number of carbonyl (C=O) groups is 2. The van der Waals surface area contributed by atoms with E-state index in [2.05, 4.69) is 5.32 Å². The van der Waals surface area contributed by atoms with Crippen molar-refractivity contribution in [2.45, 2.75) is 31.9 Å². The molecule has 0 unspecified atom stereocenters. The van der Waals surface area contributed by atoms with Crippen LogP contribution in [-0.4, -0.2) is 41.1 Å². The average molecular weight is 309 g/mol. The van der Waals surface area contributed by atoms with Crippen LogP contribution in [-0.2, 0) is 9.53 Å². The molecule has 0 atom stereocenters. The molecule has 22 heavy (non-hydrogen) atoms. The minimum absolute atomic E-state index is 0.0771. The molecule has 3 N–H and O–H groups in total. The quantitative estimate of drug-likeness (QED) is 0.890. The number of hydrogen-bond donors (Lipinski definition) is 2. The van der Waals surface area contributed by atoms with Crippen LogP contribution in [0.3, 0.4) is 0 Å². The smallest absolute Gasteiger partial charge is 0.410 e. The van der Waals surface area contributed by atoms with Crippen molar-refractivity contribution in [1.29, 1.82) is 0 Å². The molecule has 1 fully saturated rings. The zero-order valence-corrected chi connectivity index (χ0v) is 12.9. The summed E-state index contributed by atoms with van der Waals surface area (Å²) >= 11 is 0. The molecule has 1 aromatic rings. The van der Waals surface area contributed by atoms with Crippen molar-refractivity contribution in [3.63, 3.8) is 0 Å². The maximum absolute atomic E-state index is 13.2. The second-order valence-corrected chi connectivity index (χ2v) is 6.42. The Morgan fingerprint density at radius 1 is 1.36 bits per heavy atom. The number of nitrogens with two attached hydrogens (primary N) is 1. The van der Waals surface area contributed by atoms with Crippen LogP contribution < -0.4 is 11.1 Å². The van der Waals surface area contributed by atoms with Crippen LogP contribution in [0.2, 0.25) is 0 Å². The fourth-order valence-corrected chi connectivity index (χ4v) is 2.20. The van der Waals surface area contributed by atoms with Crippen molar-refractivity contribution < 1.29 is 18.7 Å². The van der Waals surface area contributed by atoms with Gasteiger partial charge in [-0.3, -0.25) is 4.79 Å². The molecule has 1 aliphatic heterocycles. The Kier molecular flexibility index (Phi) is 4.00. The topological polar surface area (TPSA) is 84.7 Å². The first-order chi connectivity index (χ1) is 10.1. The molecule has 0 aliphatic carbocycles. The van der Waals surface area contributed by atoms with Crippen molar-refractivity contribution in [3.05, 3.63) is 30.1 Å². The van der Waals surface area contributed by atoms with Crippen LogP contribution in [0.15, 0.2) is 24.3 Å². The highest BCUT2D eigenvalue weighted by molar-refractivity contribution is 5.92. The molecule has 6 nitrogen and oxygen atoms in total. The zero-order valence-electron chi connectivity index (χ0n) is 12.9. The van der Waals surface area contributed by atoms with E-state index in [-0.39, 0.29) is 13.1 Å². The van der Waals surface area contributed by atoms with Gasteiger partial charge < -0.3 is 20.7 Å². The van der Waals surface area contributed by atoms with Crippen molar-refractivity contribution in [1.82, 2.24) is 4.90 Å². The van der Waals surface area contributed by atoms with Crippen LogP contribution in [0.5, 0.6) is 0 Å². The molecule has 0 saturated carbocycles. The van der Waals surface area contributed by atoms with Crippen LogP contribution >= 0.6 is 0 Å². The maximum Gasteiger partial charge on any atom is 0.410 e. The van der Waals surface area contributed by atoms with E-state index in [0.717, 1.165) is 0 Å². The van der Waals surface area contributed by atoms with E-state index in [9.17, 15) is 14.0 Å². The van der Waals surface area contributed by atoms with Crippen molar-refractivity contribution >= 4 is 17.7 Å². The number of halogens is 1. The summed E-state index contributed by atoms with van der Waals surface area (Å²) in [5.41, 5.74) is 4.15. The highest BCUT2D eigenvalue weighted by Gasteiger charge is 2.51. The van der Waals surface area contributed by atoms with Crippen LogP contribution in [0.25, 0.3) is 0 Å². The molecule has 0 bridgehead atoms. The van der Waals surface area contributed by atoms with Crippen LogP contribution in [0, 0.1) is 5.82 Å². The number of rotatable bonds is 3. The number of amides is 2. The zero-order chi connectivity index (χ0) is 16.5. The number of ether oxygens (including phenoxy) is 1. The Hall–Kier alpha value is -2.31. The number of primary amides is 1. The molecule has 1 aliphatic rings. The average Bonchev–Trinajstić information content (AvgIpc) is 2.30. The number of nitrogens with one attached hydrogen (secondary N) is 1. The Labute approximate surface area is 128 Å². The van der Waals surface area contributed by atoms with E-state index in [4.69, 9.17) is 10.5 Å². The second kappa shape index (κ2) is 5.47. The predicted molar refractivity (Wildman–Crippen MR) is 79.8 cm³/mol. The van der Waals surface area contributed by atoms with E-state index in [0.29, 0.717) is 5.69 Å². The summed E-state index contributed by atoms with van der Waals surface area (Å²) < 4.78 is 18.4. The molecule has 1 saturated heterocycles. The molecule has 0 aromatic heterocycles. The third-order valence-corrected chi connectivity index (χ3v) is 3.25. The summed E-state index contributed by atoms with van der Waals surface area (Å²) in [6.07, 6.45) is -0.509. The first kappa shape index (κ1) is 16.1. The van der Waals surface area contributed by atoms with Gasteiger partial charge in [0.25, 0.3) is 0 Å². The largest absolute Gasteiger partial charge is 0.444 e. The minimum atomic E-state index is -1.11. The monoisotopic (exact) mass is 309 g/mol. The van der Waals surface area contributed by atoms with Gasteiger partial charge in [-0.15, -0.1) is 0 Å². The highest BCUT2D eigenvalue weighted by atomic mass is 19.1. The van der Waals surface area contributed by atoms with E-state index in [1.165, 1.54) is 23.1 Å². The molecular weight excluding hydrogens is 289 g/mol. The van der Waals surface area contributed by atoms with Gasteiger partial charge in [0.2, 0.25) is 5.91 Å². The Balaban J connectivity index is 2.05. The van der Waals surface area contributed by atoms with E-state index < -0.39 is 29.0 Å². The van der Waals surface area contributed by atoms with E-state index in [1.54, 1.807) is 26.8 Å². The van der Waals surface area contributed by atoms with Gasteiger partial charge in [0, 0.05) is 5.69 Å². The van der Waals surface area contributed by atoms with Crippen molar-refractivity contribution in [3.8, 4) is 0 Å². The molecule has 1 aromatic carbocycles. The number of carbonyl (C=O) groups excluding carboxylic acids is 2. The second-order valence-electron chi connectivity index (χ2n) is 6.42. The molecule has 2 rings (SSSR count). The van der Waals surface area contributed by atoms with Gasteiger partial charge in [-0.1, -0.05) is 6.07 Å². The summed E-state index contributed by atoms with van der Waals surface area (Å²) in [6, 6.07) is 5.72. The molecule has 0 spiro atoms. The predicted octanol–water partition coefficient (Wildman–Crippen LogP) is 1.71. The molecule has 7 heteroatoms. The molecule has 0 radical (unpaired) electrons. The number of nitrogens with zero attached hydrogens (tertiary/aromatic N) is 1. The lowest BCUT2D eigenvalue weighted by molar-refractivity contribution is -0.127. The van der Waals surface area contributed by atoms with Crippen molar-refractivity contribution in [2.24, 2.45) is 5.73 Å². The van der Waals surface area contributed by atoms with Gasteiger partial charge in [-0.2, -0.15) is 0 Å². The molecule has 2 amide bonds. The standard InChI is InChI=1S/C15H20FN3O3/c1-14(2,3)22-13(21)19-8-15(9-19,12(17)20)18-11-6-4-5-10(16)7-11/h4-7,18H,8-9H2,1-3H3,(H2,17,20). The normalized spacial score (nSPS) is 16.6. The summed E-state index contributed by atoms with van der Waals surface area (Å²) in [5.74, 6) is -1.02. The lowest BCUT2D eigenvalue weighted by Gasteiger charge is -2.48. The van der Waals surface area contributed by atoms with E-state index in [1.807, 2.05) is 0 Å². The van der Waals surface area contributed by atoms with Crippen LogP contribution in [0.4, 0.5) is 14.9 Å². The third kappa shape index (κ3) is 3.47. The first-order valence-corrected chi connectivity index (χ1v) is 6.93. The summed E-state index contributed by atoms with van der Waals surface area (Å²) in [7, 11) is 0. The number of likely N-dealkylation sites (tertiary alicyclic amines) is 1. The van der Waals surface area contributed by atoms with Gasteiger partial charge in [0.05, 0.1) is 13.1 Å². The summed E-state index contributed by atoms with van der Waals surface area (Å²) in [5, 5.41) is 2.92. The van der Waals surface area contributed by atoms with Gasteiger partial charge >= 0.3 is 6.09 Å². The van der Waals surface area contributed by atoms with Gasteiger partial charge in [-0.05, 0) is 39.0 Å². The Morgan fingerprint density at radius 2 is 2.00 bits per heavy atom. The lowest BCUT2D eigenvalue weighted by Crippen LogP contribution is -2.73. The van der Waals surface area contributed by atoms with E-state index >= 15 is 0 Å². The highest BCUT2D eigenvalue weighted by Crippen LogP contribution is 2.27. The Morgan fingerprint density at radius 3 is 2.50 bits per heavy atom. The molecule has 120 valence electrons. The Bertz CT molecular complexity index is 592. The van der Waals surface area contributed by atoms with Gasteiger partial charge in [0.1, 0.15) is 11.4 Å². The molecular formula is C15H20FN3O3. The fraction of sp³-hybridized carbons (Fsp3) is 0.467. The number of benzene rings is 1. The lowest BCUT2D eigenvalue weighted by atomic mass is 9.89. The van der Waals surface area contributed by atoms with Gasteiger partial charge in [-0.25, -0.2) is 9.18 Å². The van der Waals surface area contributed by atoms with Crippen LogP contribution in [0.1, 0.15) is 20.8 Å². The SMILES string of the molecule is CC(C)(C)OC(=O)N1CC(Nc2cccc(F)c2)(C(N)=O)C1. The number of anilines is 1. The fourth-order valence-electron chi connectivity index (χ4n) is 2.20. The number of hydrogen-bond acceptors (Lipinski definition) is 4.